The lowest BCUT2D eigenvalue weighted by molar-refractivity contribution is -0.329. The number of benzene rings is 2. The molecule has 0 saturated carbocycles. The summed E-state index contributed by atoms with van der Waals surface area (Å²) < 4.78 is 57.6. The molecule has 0 aliphatic carbocycles. The number of aliphatic hydroxyl groups is 1. The summed E-state index contributed by atoms with van der Waals surface area (Å²) in [4.78, 5) is 118. The Kier molecular flexibility index (Phi) is 19.2. The number of thioether (sulfide) groups is 1. The predicted molar refractivity (Wildman–Crippen MR) is 225 cm³/mol. The average molecular weight is 948 g/mol. The molecule has 0 unspecified atom stereocenters. The third kappa shape index (κ3) is 13.6. The number of nitrogens with zero attached hydrogens (tertiary/aromatic N) is 1. The van der Waals surface area contributed by atoms with Crippen LogP contribution in [-0.4, -0.2) is 156 Å². The Labute approximate surface area is 383 Å². The maximum Gasteiger partial charge on any atom is 0.366 e. The molecule has 1 N–H and O–H groups in total. The van der Waals surface area contributed by atoms with Crippen molar-refractivity contribution in [2.75, 3.05) is 26.1 Å². The largest absolute Gasteiger partial charge is 0.465 e. The topological polar surface area (TPSA) is 269 Å². The summed E-state index contributed by atoms with van der Waals surface area (Å²) in [7, 11) is 0.937. The first-order valence-corrected chi connectivity index (χ1v) is 21.6. The summed E-state index contributed by atoms with van der Waals surface area (Å²) in [5.41, 5.74) is -0.943. The van der Waals surface area contributed by atoms with Crippen LogP contribution in [0.2, 0.25) is 0 Å². The number of rotatable bonds is 18. The second-order valence-electron chi connectivity index (χ2n) is 14.9. The summed E-state index contributed by atoms with van der Waals surface area (Å²) in [6.07, 6.45) is -15.0. The number of hydrogen-bond acceptors (Lipinski definition) is 21. The lowest BCUT2D eigenvalue weighted by atomic mass is 9.86. The molecule has 360 valence electrons. The maximum atomic E-state index is 14.2. The van der Waals surface area contributed by atoms with Crippen LogP contribution in [-0.2, 0) is 80.9 Å². The van der Waals surface area contributed by atoms with Crippen LogP contribution in [0.15, 0.2) is 60.7 Å². The van der Waals surface area contributed by atoms with Crippen molar-refractivity contribution in [3.8, 4) is 0 Å². The molecule has 4 rings (SSSR count). The van der Waals surface area contributed by atoms with Crippen LogP contribution in [0, 0.1) is 0 Å². The van der Waals surface area contributed by atoms with Crippen LogP contribution in [0.4, 0.5) is 0 Å². The van der Waals surface area contributed by atoms with E-state index in [0.717, 1.165) is 60.4 Å². The number of amides is 2. The number of methoxy groups -OCH3 is 1. The van der Waals surface area contributed by atoms with Crippen LogP contribution in [0.5, 0.6) is 0 Å². The quantitative estimate of drug-likeness (QED) is 0.165. The van der Waals surface area contributed by atoms with Gasteiger partial charge in [0, 0.05) is 41.5 Å². The molecular formula is C44H53NO20S. The first-order chi connectivity index (χ1) is 31.2. The number of ether oxygens (including phenoxy) is 10. The smallest absolute Gasteiger partial charge is 0.366 e. The van der Waals surface area contributed by atoms with E-state index in [2.05, 4.69) is 0 Å². The molecule has 66 heavy (non-hydrogen) atoms. The molecule has 0 aromatic heterocycles. The van der Waals surface area contributed by atoms with E-state index in [1.54, 1.807) is 43.3 Å². The van der Waals surface area contributed by atoms with Crippen molar-refractivity contribution in [3.05, 3.63) is 71.8 Å². The standard InChI is InChI=1S/C44H53NO20S/c1-9-66-42-39(64-41(54)30-18-14-11-15-19-30)38(63-40(53)29-16-12-10-13-17-29)35(52)32(62-42)22-58-44(43(55)56-8)20-31(59-26(5)49)34(45(23(2)46)24(3)47)37(65-44)36(61-28(7)51)33(60-27(6)50)21-57-25(4)48/h10-19,31-39,42,52H,9,20-22H2,1-8H3/t31-,32+,33+,34+,35-,36+,37+,38-,39+,42-,44-/m0/s1. The van der Waals surface area contributed by atoms with Crippen molar-refractivity contribution in [1.29, 1.82) is 0 Å². The molecule has 2 fully saturated rings. The van der Waals surface area contributed by atoms with Crippen molar-refractivity contribution in [1.82, 2.24) is 4.90 Å². The highest BCUT2D eigenvalue weighted by atomic mass is 32.2. The zero-order valence-corrected chi connectivity index (χ0v) is 38.3. The molecule has 22 heteroatoms. The SMILES string of the molecule is CCS[C@@H]1O[C@H](CO[C@@]2(C(=O)OC)C[C@H](OC(C)=O)[C@@H](N(C(C)=O)C(C)=O)[C@H]([C@H](OC(C)=O)[C@@H](COC(C)=O)OC(C)=O)O2)[C@H](O)[C@H](OC(=O)c2ccccc2)[C@H]1OC(=O)c1ccccc1. The highest BCUT2D eigenvalue weighted by Crippen LogP contribution is 2.41. The van der Waals surface area contributed by atoms with E-state index in [-0.39, 0.29) is 11.1 Å². The highest BCUT2D eigenvalue weighted by Gasteiger charge is 2.62. The normalized spacial score (nSPS) is 25.7. The molecule has 0 spiro atoms. The Bertz CT molecular complexity index is 2060. The Morgan fingerprint density at radius 1 is 0.758 bits per heavy atom. The highest BCUT2D eigenvalue weighted by molar-refractivity contribution is 7.99. The van der Waals surface area contributed by atoms with Gasteiger partial charge in [0.15, 0.2) is 24.4 Å². The Morgan fingerprint density at radius 3 is 1.77 bits per heavy atom. The molecule has 2 aliphatic heterocycles. The second-order valence-corrected chi connectivity index (χ2v) is 16.2. The van der Waals surface area contributed by atoms with E-state index in [1.165, 1.54) is 24.3 Å². The average Bonchev–Trinajstić information content (AvgIpc) is 3.26. The monoisotopic (exact) mass is 947 g/mol. The number of esters is 7. The van der Waals surface area contributed by atoms with E-state index < -0.39 is 139 Å². The van der Waals surface area contributed by atoms with Crippen molar-refractivity contribution in [2.24, 2.45) is 0 Å². The van der Waals surface area contributed by atoms with Gasteiger partial charge in [-0.25, -0.2) is 14.4 Å². The molecule has 2 heterocycles. The number of carbonyl (C=O) groups excluding carboxylic acids is 9. The minimum Gasteiger partial charge on any atom is -0.465 e. The third-order valence-electron chi connectivity index (χ3n) is 10.0. The van der Waals surface area contributed by atoms with Gasteiger partial charge in [-0.05, 0) is 30.0 Å². The Balaban J connectivity index is 1.87. The molecule has 2 aliphatic rings. The lowest BCUT2D eigenvalue weighted by Gasteiger charge is -2.51. The van der Waals surface area contributed by atoms with Crippen molar-refractivity contribution in [2.45, 2.75) is 121 Å². The Morgan fingerprint density at radius 2 is 1.30 bits per heavy atom. The van der Waals surface area contributed by atoms with E-state index >= 15 is 0 Å². The number of carbonyl (C=O) groups is 9. The fourth-order valence-corrected chi connectivity index (χ4v) is 8.35. The Hall–Kier alpha value is -5.94. The van der Waals surface area contributed by atoms with Crippen LogP contribution < -0.4 is 0 Å². The van der Waals surface area contributed by atoms with E-state index in [0.29, 0.717) is 10.7 Å². The van der Waals surface area contributed by atoms with Gasteiger partial charge in [-0.3, -0.25) is 33.7 Å². The van der Waals surface area contributed by atoms with Gasteiger partial charge in [0.25, 0.3) is 5.79 Å². The van der Waals surface area contributed by atoms with Crippen LogP contribution in [0.1, 0.15) is 75.6 Å². The fraction of sp³-hybridized carbons (Fsp3) is 0.523. The number of aliphatic hydroxyl groups excluding tert-OH is 1. The van der Waals surface area contributed by atoms with Gasteiger partial charge >= 0.3 is 41.8 Å². The van der Waals surface area contributed by atoms with E-state index in [9.17, 15) is 48.3 Å². The lowest BCUT2D eigenvalue weighted by Crippen LogP contribution is -2.70. The van der Waals surface area contributed by atoms with Gasteiger partial charge < -0.3 is 52.5 Å². The minimum atomic E-state index is -2.79. The van der Waals surface area contributed by atoms with E-state index in [4.69, 9.17) is 47.4 Å². The zero-order valence-electron chi connectivity index (χ0n) is 37.4. The van der Waals surface area contributed by atoms with Crippen molar-refractivity contribution >= 4 is 65.4 Å². The molecule has 2 saturated heterocycles. The predicted octanol–water partition coefficient (Wildman–Crippen LogP) is 2.07. The molecule has 0 bridgehead atoms. The molecule has 2 amide bonds. The molecule has 11 atom stereocenters. The third-order valence-corrected chi connectivity index (χ3v) is 11.0. The van der Waals surface area contributed by atoms with Crippen molar-refractivity contribution in [3.63, 3.8) is 0 Å². The minimum absolute atomic E-state index is 0.0856. The summed E-state index contributed by atoms with van der Waals surface area (Å²) in [6.45, 7) is 6.02. The van der Waals surface area contributed by atoms with Gasteiger partial charge in [-0.2, -0.15) is 0 Å². The summed E-state index contributed by atoms with van der Waals surface area (Å²) in [5.74, 6) is -11.3. The summed E-state index contributed by atoms with van der Waals surface area (Å²) in [5, 5.41) is 12.0. The zero-order chi connectivity index (χ0) is 48.9. The van der Waals surface area contributed by atoms with E-state index in [1.807, 2.05) is 0 Å². The summed E-state index contributed by atoms with van der Waals surface area (Å²) in [6, 6.07) is 13.8. The first-order valence-electron chi connectivity index (χ1n) is 20.6. The number of imide groups is 1. The van der Waals surface area contributed by atoms with Crippen LogP contribution in [0.3, 0.4) is 0 Å². The first kappa shape index (κ1) is 52.7. The van der Waals surface area contributed by atoms with Crippen molar-refractivity contribution < 1.29 is 95.6 Å². The molecular weight excluding hydrogens is 895 g/mol. The number of hydrogen-bond donors (Lipinski definition) is 1. The second kappa shape index (κ2) is 24.0. The van der Waals surface area contributed by atoms with Crippen LogP contribution >= 0.6 is 11.8 Å². The fourth-order valence-electron chi connectivity index (χ4n) is 7.40. The molecule has 2 aromatic rings. The summed E-state index contributed by atoms with van der Waals surface area (Å²) >= 11 is 1.11. The maximum absolute atomic E-state index is 14.2. The van der Waals surface area contributed by atoms with Gasteiger partial charge in [0.05, 0.1) is 31.3 Å². The molecule has 21 nitrogen and oxygen atoms in total. The molecule has 0 radical (unpaired) electrons. The van der Waals surface area contributed by atoms with Gasteiger partial charge in [0.2, 0.25) is 11.8 Å². The van der Waals surface area contributed by atoms with Gasteiger partial charge in [-0.1, -0.05) is 43.3 Å². The molecule has 2 aromatic carbocycles. The van der Waals surface area contributed by atoms with Crippen LogP contribution in [0.25, 0.3) is 0 Å². The van der Waals surface area contributed by atoms with Gasteiger partial charge in [0.1, 0.15) is 42.5 Å². The van der Waals surface area contributed by atoms with Gasteiger partial charge in [-0.15, -0.1) is 11.8 Å².